The molecule has 5 heterocycles. The van der Waals surface area contributed by atoms with E-state index in [-0.39, 0.29) is 11.5 Å². The van der Waals surface area contributed by atoms with E-state index in [0.29, 0.717) is 18.1 Å². The standard InChI is InChI=1S/C23H28N8O2/c1-22(2)5-8-24-17-13-15(3-4-16(17)22)27-20-28-19-18(25-9-12-31(19)29-20)30-10-6-23(7-11-30)14-26-21(32)33-23/h3-4,9,12-13,24H,5-8,10-11,14H2,1-2H3,(H,26,32)(H,27,29). The van der Waals surface area contributed by atoms with Crippen molar-refractivity contribution in [1.29, 1.82) is 0 Å². The van der Waals surface area contributed by atoms with Gasteiger partial charge in [-0.15, -0.1) is 5.10 Å². The molecule has 10 heteroatoms. The molecule has 3 aliphatic heterocycles. The summed E-state index contributed by atoms with van der Waals surface area (Å²) in [6, 6.07) is 6.39. The fraction of sp³-hybridized carbons (Fsp3) is 0.478. The van der Waals surface area contributed by atoms with Crippen LogP contribution in [0.15, 0.2) is 30.6 Å². The summed E-state index contributed by atoms with van der Waals surface area (Å²) in [6.07, 6.45) is 5.86. The van der Waals surface area contributed by atoms with Crippen LogP contribution in [0, 0.1) is 0 Å². The molecule has 6 rings (SSSR count). The average molecular weight is 449 g/mol. The predicted octanol–water partition coefficient (Wildman–Crippen LogP) is 3.04. The molecule has 0 saturated carbocycles. The maximum absolute atomic E-state index is 11.5. The normalized spacial score (nSPS) is 20.8. The lowest BCUT2D eigenvalue weighted by Gasteiger charge is -2.37. The second-order valence-corrected chi connectivity index (χ2v) is 9.81. The van der Waals surface area contributed by atoms with E-state index in [0.717, 1.165) is 56.1 Å². The summed E-state index contributed by atoms with van der Waals surface area (Å²) in [7, 11) is 0. The van der Waals surface area contributed by atoms with E-state index in [1.165, 1.54) is 5.56 Å². The number of carbonyl (C=O) groups excluding carboxylic acids is 1. The highest BCUT2D eigenvalue weighted by Crippen LogP contribution is 2.38. The molecule has 0 radical (unpaired) electrons. The Bertz CT molecular complexity index is 1230. The molecule has 2 fully saturated rings. The van der Waals surface area contributed by atoms with Gasteiger partial charge in [-0.25, -0.2) is 14.3 Å². The number of nitrogens with one attached hydrogen (secondary N) is 3. The molecule has 2 saturated heterocycles. The number of alkyl carbamates (subject to hydrolysis) is 1. The van der Waals surface area contributed by atoms with E-state index in [1.54, 1.807) is 10.7 Å². The van der Waals surface area contributed by atoms with Crippen LogP contribution >= 0.6 is 0 Å². The van der Waals surface area contributed by atoms with Crippen molar-refractivity contribution in [2.75, 3.05) is 41.7 Å². The van der Waals surface area contributed by atoms with Crippen LogP contribution in [0.4, 0.5) is 27.9 Å². The van der Waals surface area contributed by atoms with Gasteiger partial charge in [0.05, 0.1) is 6.54 Å². The van der Waals surface area contributed by atoms with E-state index in [9.17, 15) is 4.79 Å². The summed E-state index contributed by atoms with van der Waals surface area (Å²) < 4.78 is 7.29. The summed E-state index contributed by atoms with van der Waals surface area (Å²) in [4.78, 5) is 23.0. The zero-order chi connectivity index (χ0) is 22.6. The molecule has 172 valence electrons. The number of hydrogen-bond donors (Lipinski definition) is 3. The summed E-state index contributed by atoms with van der Waals surface area (Å²) >= 11 is 0. The Balaban J connectivity index is 1.23. The molecule has 0 unspecified atom stereocenters. The molecule has 10 nitrogen and oxygen atoms in total. The van der Waals surface area contributed by atoms with Gasteiger partial charge in [0.1, 0.15) is 5.60 Å². The molecule has 3 aromatic rings. The third kappa shape index (κ3) is 3.49. The number of aromatic nitrogens is 4. The Kier molecular flexibility index (Phi) is 4.40. The van der Waals surface area contributed by atoms with Gasteiger partial charge in [0.15, 0.2) is 11.5 Å². The van der Waals surface area contributed by atoms with Crippen molar-refractivity contribution in [3.05, 3.63) is 36.2 Å². The van der Waals surface area contributed by atoms with Crippen molar-refractivity contribution in [2.45, 2.75) is 44.1 Å². The quantitative estimate of drug-likeness (QED) is 0.561. The van der Waals surface area contributed by atoms with Crippen LogP contribution in [0.1, 0.15) is 38.7 Å². The first-order valence-electron chi connectivity index (χ1n) is 11.5. The molecule has 3 N–H and O–H groups in total. The number of amides is 1. The van der Waals surface area contributed by atoms with Crippen molar-refractivity contribution >= 4 is 34.9 Å². The van der Waals surface area contributed by atoms with Gasteiger partial charge in [0.2, 0.25) is 5.95 Å². The highest BCUT2D eigenvalue weighted by molar-refractivity contribution is 5.71. The summed E-state index contributed by atoms with van der Waals surface area (Å²) in [5, 5.41) is 14.3. The molecular weight excluding hydrogens is 420 g/mol. The number of carbonyl (C=O) groups is 1. The van der Waals surface area contributed by atoms with Gasteiger partial charge < -0.3 is 25.6 Å². The minimum Gasteiger partial charge on any atom is -0.441 e. The van der Waals surface area contributed by atoms with E-state index < -0.39 is 5.60 Å². The van der Waals surface area contributed by atoms with Gasteiger partial charge in [-0.2, -0.15) is 4.98 Å². The highest BCUT2D eigenvalue weighted by Gasteiger charge is 2.43. The zero-order valence-corrected chi connectivity index (χ0v) is 18.9. The van der Waals surface area contributed by atoms with E-state index >= 15 is 0 Å². The van der Waals surface area contributed by atoms with Gasteiger partial charge in [-0.1, -0.05) is 19.9 Å². The second kappa shape index (κ2) is 7.23. The Morgan fingerprint density at radius 3 is 2.79 bits per heavy atom. The molecule has 1 aromatic carbocycles. The number of nitrogens with zero attached hydrogens (tertiary/aromatic N) is 5. The van der Waals surface area contributed by atoms with Crippen LogP contribution in [-0.2, 0) is 10.2 Å². The van der Waals surface area contributed by atoms with Crippen LogP contribution in [0.3, 0.4) is 0 Å². The highest BCUT2D eigenvalue weighted by atomic mass is 16.6. The smallest absolute Gasteiger partial charge is 0.407 e. The lowest BCUT2D eigenvalue weighted by Crippen LogP contribution is -2.47. The van der Waals surface area contributed by atoms with E-state index in [4.69, 9.17) is 9.72 Å². The molecule has 1 spiro atoms. The fourth-order valence-corrected chi connectivity index (χ4v) is 5.12. The Morgan fingerprint density at radius 1 is 1.15 bits per heavy atom. The molecular formula is C23H28N8O2. The van der Waals surface area contributed by atoms with Crippen molar-refractivity contribution < 1.29 is 9.53 Å². The van der Waals surface area contributed by atoms with Crippen LogP contribution in [0.25, 0.3) is 5.65 Å². The summed E-state index contributed by atoms with van der Waals surface area (Å²) in [5.41, 5.74) is 3.91. The number of piperidine rings is 1. The maximum atomic E-state index is 11.5. The van der Waals surface area contributed by atoms with Gasteiger partial charge in [0.25, 0.3) is 0 Å². The molecule has 0 aliphatic carbocycles. The monoisotopic (exact) mass is 448 g/mol. The first kappa shape index (κ1) is 20.1. The minimum atomic E-state index is -0.395. The molecule has 0 atom stereocenters. The summed E-state index contributed by atoms with van der Waals surface area (Å²) in [5.74, 6) is 1.32. The molecule has 2 aromatic heterocycles. The van der Waals surface area contributed by atoms with Crippen molar-refractivity contribution in [3.8, 4) is 0 Å². The van der Waals surface area contributed by atoms with Crippen molar-refractivity contribution in [2.24, 2.45) is 0 Å². The van der Waals surface area contributed by atoms with E-state index in [2.05, 4.69) is 63.0 Å². The first-order valence-corrected chi connectivity index (χ1v) is 11.5. The maximum Gasteiger partial charge on any atom is 0.407 e. The SMILES string of the molecule is CC1(C)CCNc2cc(Nc3nc4c(N5CCC6(CC5)CNC(=O)O6)nccn4n3)ccc21. The number of fused-ring (bicyclic) bond motifs is 2. The fourth-order valence-electron chi connectivity index (χ4n) is 5.12. The van der Waals surface area contributed by atoms with Gasteiger partial charge in [-0.3, -0.25) is 0 Å². The van der Waals surface area contributed by atoms with E-state index in [1.807, 2.05) is 6.20 Å². The van der Waals surface area contributed by atoms with Crippen LogP contribution < -0.4 is 20.9 Å². The third-order valence-electron chi connectivity index (χ3n) is 7.14. The topological polar surface area (TPSA) is 109 Å². The Morgan fingerprint density at radius 2 is 2.00 bits per heavy atom. The zero-order valence-electron chi connectivity index (χ0n) is 18.9. The molecule has 3 aliphatic rings. The van der Waals surface area contributed by atoms with Crippen molar-refractivity contribution in [1.82, 2.24) is 24.9 Å². The number of rotatable bonds is 3. The van der Waals surface area contributed by atoms with Crippen LogP contribution in [-0.4, -0.2) is 57.5 Å². The number of anilines is 4. The number of benzene rings is 1. The molecule has 1 amide bonds. The second-order valence-electron chi connectivity index (χ2n) is 9.81. The lowest BCUT2D eigenvalue weighted by atomic mass is 9.78. The number of hydrogen-bond acceptors (Lipinski definition) is 8. The largest absolute Gasteiger partial charge is 0.441 e. The Labute approximate surface area is 191 Å². The van der Waals surface area contributed by atoms with Gasteiger partial charge in [0, 0.05) is 56.2 Å². The molecule has 0 bridgehead atoms. The predicted molar refractivity (Wildman–Crippen MR) is 125 cm³/mol. The number of ether oxygens (including phenoxy) is 1. The van der Waals surface area contributed by atoms with Crippen LogP contribution in [0.5, 0.6) is 0 Å². The average Bonchev–Trinajstić information content (AvgIpc) is 3.36. The van der Waals surface area contributed by atoms with Crippen molar-refractivity contribution in [3.63, 3.8) is 0 Å². The van der Waals surface area contributed by atoms with Crippen LogP contribution in [0.2, 0.25) is 0 Å². The minimum absolute atomic E-state index is 0.168. The Hall–Kier alpha value is -3.56. The molecule has 33 heavy (non-hydrogen) atoms. The lowest BCUT2D eigenvalue weighted by molar-refractivity contribution is 0.0366. The third-order valence-corrected chi connectivity index (χ3v) is 7.14. The first-order chi connectivity index (χ1) is 15.9. The summed E-state index contributed by atoms with van der Waals surface area (Å²) in [6.45, 7) is 7.59. The van der Waals surface area contributed by atoms with Gasteiger partial charge in [-0.05, 0) is 29.5 Å². The van der Waals surface area contributed by atoms with Gasteiger partial charge >= 0.3 is 6.09 Å².